The Labute approximate surface area is 212 Å². The quantitative estimate of drug-likeness (QED) is 0.393. The first-order chi connectivity index (χ1) is 17.5. The summed E-state index contributed by atoms with van der Waals surface area (Å²) in [5.41, 5.74) is 0.818. The molecule has 0 amide bonds. The summed E-state index contributed by atoms with van der Waals surface area (Å²) in [6, 6.07) is 11.1. The minimum absolute atomic E-state index is 0.0464. The maximum atomic E-state index is 16.2. The Bertz CT molecular complexity index is 1430. The molecule has 1 saturated heterocycles. The van der Waals surface area contributed by atoms with E-state index in [-0.39, 0.29) is 23.8 Å². The molecule has 2 aromatic heterocycles. The fourth-order valence-electron chi connectivity index (χ4n) is 5.61. The molecule has 2 N–H and O–H groups in total. The number of piperidine rings is 1. The zero-order chi connectivity index (χ0) is 24.8. The number of halogens is 2. The van der Waals surface area contributed by atoms with Crippen molar-refractivity contribution in [2.75, 3.05) is 31.2 Å². The number of hydrogen-bond acceptors (Lipinski definition) is 7. The molecule has 2 aliphatic rings. The van der Waals surface area contributed by atoms with Gasteiger partial charge in [0.15, 0.2) is 5.82 Å². The second kappa shape index (κ2) is 9.42. The maximum Gasteiger partial charge on any atom is 0.319 e. The maximum absolute atomic E-state index is 16.2. The van der Waals surface area contributed by atoms with Gasteiger partial charge in [0.2, 0.25) is 0 Å². The van der Waals surface area contributed by atoms with Gasteiger partial charge in [0.05, 0.1) is 12.0 Å². The van der Waals surface area contributed by atoms with E-state index in [2.05, 4.69) is 19.9 Å². The van der Waals surface area contributed by atoms with Crippen LogP contribution in [0.1, 0.15) is 19.3 Å². The summed E-state index contributed by atoms with van der Waals surface area (Å²) < 4.78 is 21.8. The van der Waals surface area contributed by atoms with Gasteiger partial charge in [-0.1, -0.05) is 41.9 Å². The van der Waals surface area contributed by atoms with Crippen LogP contribution in [0.3, 0.4) is 0 Å². The van der Waals surface area contributed by atoms with Crippen molar-refractivity contribution in [2.24, 2.45) is 11.8 Å². The van der Waals surface area contributed by atoms with Crippen molar-refractivity contribution < 1.29 is 19.3 Å². The molecule has 6 rings (SSSR count). The van der Waals surface area contributed by atoms with Crippen LogP contribution in [0.25, 0.3) is 32.9 Å². The largest absolute Gasteiger partial charge is 0.461 e. The number of aliphatic hydroxyl groups is 2. The summed E-state index contributed by atoms with van der Waals surface area (Å²) in [6.45, 7) is 1.01. The second-order valence-electron chi connectivity index (χ2n) is 9.75. The van der Waals surface area contributed by atoms with Crippen LogP contribution in [0.2, 0.25) is 5.02 Å². The summed E-state index contributed by atoms with van der Waals surface area (Å²) in [5.74, 6) is 1.17. The molecule has 3 heterocycles. The van der Waals surface area contributed by atoms with Crippen molar-refractivity contribution in [3.05, 3.63) is 53.4 Å². The van der Waals surface area contributed by atoms with Gasteiger partial charge in [-0.15, -0.1) is 0 Å². The number of anilines is 1. The Morgan fingerprint density at radius 3 is 2.61 bits per heavy atom. The van der Waals surface area contributed by atoms with Gasteiger partial charge in [-0.2, -0.15) is 9.97 Å². The molecule has 7 nitrogen and oxygen atoms in total. The lowest BCUT2D eigenvalue weighted by Gasteiger charge is -2.33. The first kappa shape index (κ1) is 23.3. The van der Waals surface area contributed by atoms with Gasteiger partial charge in [-0.3, -0.25) is 4.98 Å². The second-order valence-corrected chi connectivity index (χ2v) is 10.2. The molecule has 0 radical (unpaired) electrons. The number of rotatable bonds is 6. The lowest BCUT2D eigenvalue weighted by atomic mass is 9.98. The Kier molecular flexibility index (Phi) is 6.11. The van der Waals surface area contributed by atoms with Gasteiger partial charge in [-0.25, -0.2) is 4.39 Å². The van der Waals surface area contributed by atoms with Crippen molar-refractivity contribution in [2.45, 2.75) is 25.4 Å². The first-order valence-electron chi connectivity index (χ1n) is 12.2. The molecular weight excluding hydrogens is 483 g/mol. The minimum Gasteiger partial charge on any atom is -0.461 e. The fourth-order valence-corrected chi connectivity index (χ4v) is 5.90. The van der Waals surface area contributed by atoms with Gasteiger partial charge in [-0.05, 0) is 42.6 Å². The number of nitrogens with zero attached hydrogens (tertiary/aromatic N) is 4. The van der Waals surface area contributed by atoms with Crippen LogP contribution in [-0.2, 0) is 0 Å². The lowest BCUT2D eigenvalue weighted by Crippen LogP contribution is -2.37. The molecule has 0 spiro atoms. The SMILES string of the molecule is OC[C@@H](O)COc1nc(N2CC3CCC(C3)C2)c2cnc(-c3cccc4cccc(Cl)c34)c(F)c2n1. The van der Waals surface area contributed by atoms with E-state index in [0.29, 0.717) is 33.6 Å². The predicted molar refractivity (Wildman–Crippen MR) is 137 cm³/mol. The number of benzene rings is 2. The molecule has 1 aliphatic heterocycles. The highest BCUT2D eigenvalue weighted by Gasteiger charge is 2.34. The van der Waals surface area contributed by atoms with E-state index >= 15 is 4.39 Å². The van der Waals surface area contributed by atoms with Crippen LogP contribution in [-0.4, -0.2) is 57.6 Å². The molecule has 4 aromatic rings. The number of hydrogen-bond donors (Lipinski definition) is 2. The van der Waals surface area contributed by atoms with E-state index < -0.39 is 18.5 Å². The van der Waals surface area contributed by atoms with E-state index in [4.69, 9.17) is 21.4 Å². The molecule has 2 bridgehead atoms. The van der Waals surface area contributed by atoms with E-state index in [1.807, 2.05) is 24.3 Å². The highest BCUT2D eigenvalue weighted by molar-refractivity contribution is 6.36. The highest BCUT2D eigenvalue weighted by atomic mass is 35.5. The molecule has 2 aromatic carbocycles. The van der Waals surface area contributed by atoms with Crippen molar-refractivity contribution in [1.29, 1.82) is 0 Å². The summed E-state index contributed by atoms with van der Waals surface area (Å²) in [6.07, 6.45) is 4.13. The van der Waals surface area contributed by atoms with Crippen LogP contribution in [0, 0.1) is 17.7 Å². The van der Waals surface area contributed by atoms with Crippen LogP contribution < -0.4 is 9.64 Å². The fraction of sp³-hybridized carbons (Fsp3) is 0.370. The van der Waals surface area contributed by atoms with Crippen molar-refractivity contribution >= 4 is 39.1 Å². The van der Waals surface area contributed by atoms with Crippen LogP contribution in [0.15, 0.2) is 42.6 Å². The standard InChI is InChI=1S/C27H26ClFN4O3/c28-21-6-2-4-17-3-1-5-19(22(17)21)24-23(29)25-20(10-30-24)26(32-27(31-25)36-14-18(35)13-34)33-11-15-7-8-16(9-15)12-33/h1-6,10,15-16,18,34-35H,7-9,11-14H2/t15?,16?,18-/m1/s1. The smallest absolute Gasteiger partial charge is 0.319 e. The summed E-state index contributed by atoms with van der Waals surface area (Å²) in [4.78, 5) is 15.7. The van der Waals surface area contributed by atoms with Crippen molar-refractivity contribution in [3.63, 3.8) is 0 Å². The van der Waals surface area contributed by atoms with Crippen molar-refractivity contribution in [1.82, 2.24) is 15.0 Å². The molecule has 186 valence electrons. The van der Waals surface area contributed by atoms with Crippen LogP contribution in [0.5, 0.6) is 6.01 Å². The summed E-state index contributed by atoms with van der Waals surface area (Å²) >= 11 is 6.51. The molecule has 9 heteroatoms. The Hall–Kier alpha value is -3.07. The van der Waals surface area contributed by atoms with Crippen LogP contribution in [0.4, 0.5) is 10.2 Å². The minimum atomic E-state index is -1.09. The van der Waals surface area contributed by atoms with E-state index in [1.54, 1.807) is 18.3 Å². The normalized spacial score (nSPS) is 20.3. The third kappa shape index (κ3) is 4.13. The molecule has 36 heavy (non-hydrogen) atoms. The third-order valence-electron chi connectivity index (χ3n) is 7.27. The Morgan fingerprint density at radius 1 is 1.11 bits per heavy atom. The Morgan fingerprint density at radius 2 is 1.86 bits per heavy atom. The van der Waals surface area contributed by atoms with Gasteiger partial charge in [0.1, 0.15) is 29.7 Å². The monoisotopic (exact) mass is 508 g/mol. The zero-order valence-electron chi connectivity index (χ0n) is 19.6. The number of pyridine rings is 1. The number of fused-ring (bicyclic) bond motifs is 4. The topological polar surface area (TPSA) is 91.6 Å². The molecule has 1 saturated carbocycles. The average Bonchev–Trinajstić information content (AvgIpc) is 3.24. The summed E-state index contributed by atoms with van der Waals surface area (Å²) in [7, 11) is 0. The Balaban J connectivity index is 1.51. The summed E-state index contributed by atoms with van der Waals surface area (Å²) in [5, 5.41) is 21.6. The van der Waals surface area contributed by atoms with E-state index in [1.165, 1.54) is 19.3 Å². The molecule has 1 aliphatic carbocycles. The van der Waals surface area contributed by atoms with E-state index in [9.17, 15) is 5.11 Å². The van der Waals surface area contributed by atoms with Crippen molar-refractivity contribution in [3.8, 4) is 17.3 Å². The molecule has 2 fully saturated rings. The lowest BCUT2D eigenvalue weighted by molar-refractivity contribution is 0.0506. The predicted octanol–water partition coefficient (Wildman–Crippen LogP) is 4.61. The van der Waals surface area contributed by atoms with Gasteiger partial charge in [0, 0.05) is 35.3 Å². The third-order valence-corrected chi connectivity index (χ3v) is 7.59. The van der Waals surface area contributed by atoms with Gasteiger partial charge >= 0.3 is 6.01 Å². The number of ether oxygens (including phenoxy) is 1. The molecule has 3 atom stereocenters. The van der Waals surface area contributed by atoms with Gasteiger partial charge < -0.3 is 19.8 Å². The zero-order valence-corrected chi connectivity index (χ0v) is 20.3. The number of aromatic nitrogens is 3. The molecule has 2 unspecified atom stereocenters. The highest BCUT2D eigenvalue weighted by Crippen LogP contribution is 2.41. The van der Waals surface area contributed by atoms with E-state index in [0.717, 1.165) is 23.9 Å². The number of aliphatic hydroxyl groups excluding tert-OH is 2. The van der Waals surface area contributed by atoms with Crippen LogP contribution >= 0.6 is 11.6 Å². The average molecular weight is 509 g/mol. The first-order valence-corrected chi connectivity index (χ1v) is 12.6. The van der Waals surface area contributed by atoms with Gasteiger partial charge in [0.25, 0.3) is 0 Å². The molecular formula is C27H26ClFN4O3.